The topological polar surface area (TPSA) is 76.6 Å². The lowest BCUT2D eigenvalue weighted by Crippen LogP contribution is -2.54. The number of halogens is 1. The first-order chi connectivity index (χ1) is 16.5. The van der Waals surface area contributed by atoms with Crippen LogP contribution in [0.1, 0.15) is 56.9 Å². The lowest BCUT2D eigenvalue weighted by atomic mass is 9.71. The maximum atomic E-state index is 14.6. The van der Waals surface area contributed by atoms with Crippen LogP contribution in [-0.4, -0.2) is 44.9 Å². The largest absolute Gasteiger partial charge is 0.481 e. The van der Waals surface area contributed by atoms with Crippen molar-refractivity contribution < 1.29 is 19.4 Å². The number of aliphatic hydroxyl groups is 1. The molecule has 180 valence electrons. The summed E-state index contributed by atoms with van der Waals surface area (Å²) >= 11 is 0. The van der Waals surface area contributed by atoms with Crippen LogP contribution in [0, 0.1) is 17.7 Å². The molecule has 2 aromatic carbocycles. The summed E-state index contributed by atoms with van der Waals surface area (Å²) in [5.41, 5.74) is 3.44. The number of aromatic amines is 1. The van der Waals surface area contributed by atoms with E-state index in [1.807, 2.05) is 30.5 Å². The summed E-state index contributed by atoms with van der Waals surface area (Å²) in [6.07, 6.45) is 6.31. The standard InChI is InChI=1S/C28H33FN2O3/c1-17(15-26(32)31-14-6-10-19-21(28(33)34)9-5-13-25(19)31)22-16-30-24-12-4-8-20(27(22)24)18-7-2-3-11-23(18)29/h2-4,7-8,11-12,16-17,19,21,25-26,30,32H,5-6,9-10,13-15H2,1H3,(H,33,34). The van der Waals surface area contributed by atoms with Crippen molar-refractivity contribution in [3.05, 3.63) is 60.0 Å². The third-order valence-electron chi connectivity index (χ3n) is 8.10. The monoisotopic (exact) mass is 464 g/mol. The van der Waals surface area contributed by atoms with Gasteiger partial charge in [0.2, 0.25) is 0 Å². The third-order valence-corrected chi connectivity index (χ3v) is 8.10. The molecule has 0 amide bonds. The Balaban J connectivity index is 1.40. The Morgan fingerprint density at radius 3 is 2.71 bits per heavy atom. The smallest absolute Gasteiger partial charge is 0.306 e. The van der Waals surface area contributed by atoms with Crippen LogP contribution >= 0.6 is 0 Å². The third kappa shape index (κ3) is 4.14. The normalized spacial score (nSPS) is 25.1. The Labute approximate surface area is 199 Å². The van der Waals surface area contributed by atoms with Crippen molar-refractivity contribution in [1.82, 2.24) is 9.88 Å². The number of aliphatic carboxylic acids is 1. The molecule has 2 aliphatic rings. The number of piperidine rings is 1. The van der Waals surface area contributed by atoms with Gasteiger partial charge in [-0.05, 0) is 67.2 Å². The first-order valence-corrected chi connectivity index (χ1v) is 12.5. The first kappa shape index (κ1) is 23.1. The molecule has 5 nitrogen and oxygen atoms in total. The molecule has 0 spiro atoms. The van der Waals surface area contributed by atoms with Gasteiger partial charge < -0.3 is 15.2 Å². The van der Waals surface area contributed by atoms with Gasteiger partial charge in [0, 0.05) is 35.2 Å². The minimum atomic E-state index is -0.695. The van der Waals surface area contributed by atoms with Crippen molar-refractivity contribution in [2.75, 3.05) is 6.54 Å². The van der Waals surface area contributed by atoms with E-state index in [1.54, 1.807) is 12.1 Å². The second-order valence-corrected chi connectivity index (χ2v) is 10.1. The van der Waals surface area contributed by atoms with Crippen LogP contribution < -0.4 is 0 Å². The van der Waals surface area contributed by atoms with Crippen LogP contribution in [0.5, 0.6) is 0 Å². The van der Waals surface area contributed by atoms with Crippen LogP contribution in [0.4, 0.5) is 4.39 Å². The van der Waals surface area contributed by atoms with E-state index in [9.17, 15) is 19.4 Å². The molecule has 1 saturated carbocycles. The van der Waals surface area contributed by atoms with Gasteiger partial charge in [-0.1, -0.05) is 43.7 Å². The summed E-state index contributed by atoms with van der Waals surface area (Å²) in [5.74, 6) is -1.09. The molecular formula is C28H33FN2O3. The summed E-state index contributed by atoms with van der Waals surface area (Å²) < 4.78 is 14.6. The van der Waals surface area contributed by atoms with Crippen molar-refractivity contribution in [1.29, 1.82) is 0 Å². The highest BCUT2D eigenvalue weighted by Gasteiger charge is 2.43. The maximum Gasteiger partial charge on any atom is 0.306 e. The van der Waals surface area contributed by atoms with Gasteiger partial charge in [-0.2, -0.15) is 0 Å². The molecule has 1 aliphatic carbocycles. The van der Waals surface area contributed by atoms with Gasteiger partial charge in [-0.3, -0.25) is 9.69 Å². The zero-order chi connectivity index (χ0) is 23.8. The lowest BCUT2D eigenvalue weighted by Gasteiger charge is -2.48. The van der Waals surface area contributed by atoms with E-state index in [1.165, 1.54) is 6.07 Å². The predicted molar refractivity (Wildman–Crippen MR) is 131 cm³/mol. The van der Waals surface area contributed by atoms with E-state index in [0.717, 1.165) is 60.7 Å². The zero-order valence-electron chi connectivity index (χ0n) is 19.6. The van der Waals surface area contributed by atoms with Gasteiger partial charge in [-0.25, -0.2) is 4.39 Å². The molecule has 1 saturated heterocycles. The molecular weight excluding hydrogens is 431 g/mol. The second-order valence-electron chi connectivity index (χ2n) is 10.1. The van der Waals surface area contributed by atoms with Crippen molar-refractivity contribution in [2.24, 2.45) is 11.8 Å². The molecule has 5 unspecified atom stereocenters. The van der Waals surface area contributed by atoms with Gasteiger partial charge in [0.05, 0.1) is 5.92 Å². The van der Waals surface area contributed by atoms with E-state index < -0.39 is 12.2 Å². The van der Waals surface area contributed by atoms with E-state index in [-0.39, 0.29) is 29.6 Å². The van der Waals surface area contributed by atoms with Crippen molar-refractivity contribution in [3.63, 3.8) is 0 Å². The number of carboxylic acid groups (broad SMARTS) is 1. The number of hydrogen-bond acceptors (Lipinski definition) is 3. The number of H-pyrrole nitrogens is 1. The molecule has 3 aromatic rings. The Bertz CT molecular complexity index is 1180. The minimum absolute atomic E-state index is 0.0379. The number of carbonyl (C=O) groups is 1. The van der Waals surface area contributed by atoms with E-state index in [0.29, 0.717) is 12.0 Å². The number of rotatable bonds is 6. The van der Waals surface area contributed by atoms with Crippen LogP contribution in [0.25, 0.3) is 22.0 Å². The summed E-state index contributed by atoms with van der Waals surface area (Å²) in [4.78, 5) is 17.3. The van der Waals surface area contributed by atoms with Gasteiger partial charge >= 0.3 is 5.97 Å². The molecule has 5 rings (SSSR count). The molecule has 1 aliphatic heterocycles. The average molecular weight is 465 g/mol. The Kier molecular flexibility index (Phi) is 6.45. The highest BCUT2D eigenvalue weighted by atomic mass is 19.1. The maximum absolute atomic E-state index is 14.6. The number of fused-ring (bicyclic) bond motifs is 2. The number of carboxylic acids is 1. The molecule has 0 radical (unpaired) electrons. The quantitative estimate of drug-likeness (QED) is 0.434. The summed E-state index contributed by atoms with van der Waals surface area (Å²) in [7, 11) is 0. The van der Waals surface area contributed by atoms with Gasteiger partial charge in [0.15, 0.2) is 0 Å². The SMILES string of the molecule is CC(CC(O)N1CCCC2C(C(=O)O)CCCC21)c1c[nH]c2cccc(-c3ccccc3F)c12. The zero-order valence-corrected chi connectivity index (χ0v) is 19.6. The summed E-state index contributed by atoms with van der Waals surface area (Å²) in [6, 6.07) is 12.8. The predicted octanol–water partition coefficient (Wildman–Crippen LogP) is 5.75. The molecule has 34 heavy (non-hydrogen) atoms. The van der Waals surface area contributed by atoms with E-state index in [2.05, 4.69) is 16.8 Å². The Hall–Kier alpha value is -2.70. The molecule has 2 fully saturated rings. The van der Waals surface area contributed by atoms with Gasteiger partial charge in [0.25, 0.3) is 0 Å². The first-order valence-electron chi connectivity index (χ1n) is 12.5. The fourth-order valence-electron chi connectivity index (χ4n) is 6.48. The Morgan fingerprint density at radius 1 is 1.12 bits per heavy atom. The fourth-order valence-corrected chi connectivity index (χ4v) is 6.48. The number of likely N-dealkylation sites (tertiary alicyclic amines) is 1. The fraction of sp³-hybridized carbons (Fsp3) is 0.464. The highest BCUT2D eigenvalue weighted by molar-refractivity contribution is 5.98. The number of aromatic nitrogens is 1. The van der Waals surface area contributed by atoms with Crippen LogP contribution in [-0.2, 0) is 4.79 Å². The molecule has 5 atom stereocenters. The van der Waals surface area contributed by atoms with E-state index >= 15 is 0 Å². The highest BCUT2D eigenvalue weighted by Crippen LogP contribution is 2.42. The number of nitrogens with one attached hydrogen (secondary N) is 1. The number of hydrogen-bond donors (Lipinski definition) is 3. The van der Waals surface area contributed by atoms with E-state index in [4.69, 9.17) is 0 Å². The Morgan fingerprint density at radius 2 is 1.91 bits per heavy atom. The van der Waals surface area contributed by atoms with Crippen molar-refractivity contribution >= 4 is 16.9 Å². The minimum Gasteiger partial charge on any atom is -0.481 e. The molecule has 0 bridgehead atoms. The number of nitrogens with zero attached hydrogens (tertiary/aromatic N) is 1. The van der Waals surface area contributed by atoms with Crippen LogP contribution in [0.15, 0.2) is 48.7 Å². The molecule has 2 heterocycles. The van der Waals surface area contributed by atoms with Crippen LogP contribution in [0.2, 0.25) is 0 Å². The number of benzene rings is 2. The van der Waals surface area contributed by atoms with Gasteiger partial charge in [-0.15, -0.1) is 0 Å². The molecule has 1 aromatic heterocycles. The van der Waals surface area contributed by atoms with Crippen molar-refractivity contribution in [3.8, 4) is 11.1 Å². The van der Waals surface area contributed by atoms with Crippen LogP contribution in [0.3, 0.4) is 0 Å². The summed E-state index contributed by atoms with van der Waals surface area (Å²) in [5, 5.41) is 22.0. The molecule has 6 heteroatoms. The van der Waals surface area contributed by atoms with Crippen molar-refractivity contribution in [2.45, 2.75) is 63.6 Å². The summed E-state index contributed by atoms with van der Waals surface area (Å²) in [6.45, 7) is 2.90. The molecule has 3 N–H and O–H groups in total. The average Bonchev–Trinajstić information content (AvgIpc) is 3.28. The lowest BCUT2D eigenvalue weighted by molar-refractivity contribution is -0.151. The second kappa shape index (κ2) is 9.51. The number of aliphatic hydroxyl groups excluding tert-OH is 1. The van der Waals surface area contributed by atoms with Gasteiger partial charge in [0.1, 0.15) is 12.0 Å².